The van der Waals surface area contributed by atoms with Crippen LogP contribution in [0.3, 0.4) is 0 Å². The second kappa shape index (κ2) is 6.79. The summed E-state index contributed by atoms with van der Waals surface area (Å²) < 4.78 is 16.6. The van der Waals surface area contributed by atoms with Crippen LogP contribution in [0.25, 0.3) is 16.5 Å². The van der Waals surface area contributed by atoms with Gasteiger partial charge in [-0.05, 0) is 24.3 Å². The highest BCUT2D eigenvalue weighted by atomic mass is 19.1. The molecule has 1 N–H and O–H groups in total. The van der Waals surface area contributed by atoms with E-state index >= 15 is 0 Å². The van der Waals surface area contributed by atoms with E-state index in [0.717, 1.165) is 4.68 Å². The quantitative estimate of drug-likeness (QED) is 0.595. The molecular weight excluding hydrogens is 351 g/mol. The first kappa shape index (κ1) is 16.6. The fourth-order valence-electron chi connectivity index (χ4n) is 2.68. The first-order chi connectivity index (χ1) is 13.1. The maximum absolute atomic E-state index is 14.2. The van der Waals surface area contributed by atoms with Crippen LogP contribution in [0.5, 0.6) is 0 Å². The Hall–Kier alpha value is -3.88. The molecule has 2 aromatic heterocycles. The van der Waals surface area contributed by atoms with Crippen LogP contribution in [0.1, 0.15) is 0 Å². The molecule has 0 fully saturated rings. The maximum Gasteiger partial charge on any atom is 0.275 e. The molecule has 0 bridgehead atoms. The molecule has 9 heteroatoms. The van der Waals surface area contributed by atoms with E-state index in [9.17, 15) is 14.0 Å². The predicted molar refractivity (Wildman–Crippen MR) is 95.9 cm³/mol. The predicted octanol–water partition coefficient (Wildman–Crippen LogP) is 1.75. The second-order valence-electron chi connectivity index (χ2n) is 5.75. The Labute approximate surface area is 151 Å². The number of rotatable bonds is 4. The number of aromatic nitrogens is 5. The van der Waals surface area contributed by atoms with Crippen LogP contribution >= 0.6 is 0 Å². The van der Waals surface area contributed by atoms with Crippen molar-refractivity contribution in [3.8, 4) is 5.69 Å². The van der Waals surface area contributed by atoms with Crippen LogP contribution in [0.15, 0.2) is 66.1 Å². The van der Waals surface area contributed by atoms with Gasteiger partial charge in [0.15, 0.2) is 5.82 Å². The summed E-state index contributed by atoms with van der Waals surface area (Å²) in [4.78, 5) is 28.4. The van der Waals surface area contributed by atoms with Gasteiger partial charge in [0, 0.05) is 11.1 Å². The summed E-state index contributed by atoms with van der Waals surface area (Å²) in [6, 6.07) is 11.2. The lowest BCUT2D eigenvalue weighted by Gasteiger charge is -2.09. The van der Waals surface area contributed by atoms with Crippen molar-refractivity contribution >= 4 is 22.4 Å². The van der Waals surface area contributed by atoms with Crippen molar-refractivity contribution in [1.82, 2.24) is 24.5 Å². The smallest absolute Gasteiger partial charge is 0.275 e. The summed E-state index contributed by atoms with van der Waals surface area (Å²) >= 11 is 0. The molecule has 0 saturated heterocycles. The van der Waals surface area contributed by atoms with Gasteiger partial charge >= 0.3 is 0 Å². The molecule has 134 valence electrons. The molecule has 0 aliphatic rings. The van der Waals surface area contributed by atoms with Crippen LogP contribution in [0, 0.1) is 5.82 Å². The lowest BCUT2D eigenvalue weighted by atomic mass is 10.2. The molecule has 0 atom stereocenters. The average Bonchev–Trinajstić information content (AvgIpc) is 3.19. The summed E-state index contributed by atoms with van der Waals surface area (Å²) in [5.74, 6) is -1.06. The van der Waals surface area contributed by atoms with Crippen LogP contribution in [0.2, 0.25) is 0 Å². The largest absolute Gasteiger partial charge is 0.324 e. The van der Waals surface area contributed by atoms with E-state index in [2.05, 4.69) is 20.5 Å². The van der Waals surface area contributed by atoms with Crippen LogP contribution in [-0.2, 0) is 11.3 Å². The van der Waals surface area contributed by atoms with E-state index in [1.54, 1.807) is 24.3 Å². The molecule has 0 spiro atoms. The third-order valence-electron chi connectivity index (χ3n) is 3.95. The van der Waals surface area contributed by atoms with Gasteiger partial charge in [0.2, 0.25) is 5.91 Å². The van der Waals surface area contributed by atoms with Gasteiger partial charge in [-0.2, -0.15) is 10.2 Å². The van der Waals surface area contributed by atoms with Gasteiger partial charge in [0.25, 0.3) is 5.56 Å². The van der Waals surface area contributed by atoms with E-state index in [-0.39, 0.29) is 23.5 Å². The maximum atomic E-state index is 14.2. The average molecular weight is 364 g/mol. The van der Waals surface area contributed by atoms with Crippen LogP contribution < -0.4 is 10.9 Å². The van der Waals surface area contributed by atoms with Crippen molar-refractivity contribution in [3.05, 3.63) is 77.5 Å². The normalized spacial score (nSPS) is 10.9. The monoisotopic (exact) mass is 364 g/mol. The first-order valence-electron chi connectivity index (χ1n) is 8.01. The van der Waals surface area contributed by atoms with Crippen molar-refractivity contribution < 1.29 is 9.18 Å². The second-order valence-corrected chi connectivity index (χ2v) is 5.75. The van der Waals surface area contributed by atoms with Gasteiger partial charge < -0.3 is 5.32 Å². The number of halogens is 1. The van der Waals surface area contributed by atoms with Crippen molar-refractivity contribution in [2.75, 3.05) is 5.32 Å². The molecule has 0 radical (unpaired) electrons. The van der Waals surface area contributed by atoms with E-state index in [4.69, 9.17) is 0 Å². The van der Waals surface area contributed by atoms with Crippen LogP contribution in [0.4, 0.5) is 10.1 Å². The van der Waals surface area contributed by atoms with Gasteiger partial charge in [-0.3, -0.25) is 9.59 Å². The van der Waals surface area contributed by atoms with E-state index in [1.807, 2.05) is 0 Å². The van der Waals surface area contributed by atoms with Crippen molar-refractivity contribution in [1.29, 1.82) is 0 Å². The number of nitrogens with zero attached hydrogens (tertiary/aromatic N) is 5. The third kappa shape index (κ3) is 3.30. The zero-order chi connectivity index (χ0) is 18.8. The minimum absolute atomic E-state index is 0.206. The Balaban J connectivity index is 1.52. The van der Waals surface area contributed by atoms with Gasteiger partial charge in [-0.15, -0.1) is 0 Å². The van der Waals surface area contributed by atoms with E-state index in [0.29, 0.717) is 10.8 Å². The number of amides is 1. The van der Waals surface area contributed by atoms with E-state index in [1.165, 1.54) is 41.7 Å². The van der Waals surface area contributed by atoms with Gasteiger partial charge in [0.05, 0.1) is 11.6 Å². The molecule has 0 saturated carbocycles. The number of hydrogen-bond donors (Lipinski definition) is 1. The van der Waals surface area contributed by atoms with Gasteiger partial charge in [-0.1, -0.05) is 18.2 Å². The molecular formula is C18H13FN6O2. The van der Waals surface area contributed by atoms with Crippen LogP contribution in [-0.4, -0.2) is 30.5 Å². The molecule has 8 nitrogen and oxygen atoms in total. The Bertz CT molecular complexity index is 1190. The van der Waals surface area contributed by atoms with Gasteiger partial charge in [-0.25, -0.2) is 18.7 Å². The van der Waals surface area contributed by atoms with Crippen molar-refractivity contribution in [3.63, 3.8) is 0 Å². The molecule has 2 heterocycles. The number of carbonyl (C=O) groups is 1. The number of nitrogens with one attached hydrogen (secondary N) is 1. The lowest BCUT2D eigenvalue weighted by Crippen LogP contribution is -2.29. The first-order valence-corrected chi connectivity index (χ1v) is 8.01. The number of carbonyl (C=O) groups excluding carboxylic acids is 1. The zero-order valence-electron chi connectivity index (χ0n) is 13.9. The summed E-state index contributed by atoms with van der Waals surface area (Å²) in [6.45, 7) is -0.282. The Morgan fingerprint density at radius 2 is 2.00 bits per heavy atom. The fourth-order valence-corrected chi connectivity index (χ4v) is 2.68. The molecule has 0 aliphatic carbocycles. The third-order valence-corrected chi connectivity index (χ3v) is 3.95. The van der Waals surface area contributed by atoms with Gasteiger partial charge in [0.1, 0.15) is 24.9 Å². The number of fused-ring (bicyclic) bond motifs is 1. The molecule has 1 amide bonds. The Morgan fingerprint density at radius 1 is 1.15 bits per heavy atom. The lowest BCUT2D eigenvalue weighted by molar-refractivity contribution is -0.117. The highest BCUT2D eigenvalue weighted by molar-refractivity contribution is 5.90. The molecule has 0 unspecified atom stereocenters. The zero-order valence-corrected chi connectivity index (χ0v) is 13.9. The number of anilines is 1. The molecule has 0 aliphatic heterocycles. The molecule has 4 aromatic rings. The SMILES string of the molecule is O=C(Cn1ncc2ccccc2c1=O)Nc1ccc(-n2cncn2)c(F)c1. The highest BCUT2D eigenvalue weighted by Crippen LogP contribution is 2.17. The topological polar surface area (TPSA) is 94.7 Å². The highest BCUT2D eigenvalue weighted by Gasteiger charge is 2.11. The summed E-state index contributed by atoms with van der Waals surface area (Å²) in [6.07, 6.45) is 4.19. The molecule has 2 aromatic carbocycles. The summed E-state index contributed by atoms with van der Waals surface area (Å²) in [5.41, 5.74) is 0.101. The van der Waals surface area contributed by atoms with Crippen molar-refractivity contribution in [2.24, 2.45) is 0 Å². The summed E-state index contributed by atoms with van der Waals surface area (Å²) in [7, 11) is 0. The summed E-state index contributed by atoms with van der Waals surface area (Å²) in [5, 5.41) is 11.6. The fraction of sp³-hybridized carbons (Fsp3) is 0.0556. The molecule has 27 heavy (non-hydrogen) atoms. The van der Waals surface area contributed by atoms with Crippen molar-refractivity contribution in [2.45, 2.75) is 6.54 Å². The minimum Gasteiger partial charge on any atom is -0.324 e. The minimum atomic E-state index is -0.570. The number of benzene rings is 2. The standard InChI is InChI=1S/C18H13FN6O2/c19-15-7-13(5-6-16(15)25-11-20-10-22-25)23-17(26)9-24-18(27)14-4-2-1-3-12(14)8-21-24/h1-8,10-11H,9H2,(H,23,26). The Morgan fingerprint density at radius 3 is 2.78 bits per heavy atom. The molecule has 4 rings (SSSR count). The van der Waals surface area contributed by atoms with E-state index < -0.39 is 11.7 Å². The number of hydrogen-bond acceptors (Lipinski definition) is 5. The Kier molecular flexibility index (Phi) is 4.17.